The lowest BCUT2D eigenvalue weighted by molar-refractivity contribution is 0.0987. The molecule has 0 amide bonds. The van der Waals surface area contributed by atoms with Gasteiger partial charge in [0.1, 0.15) is 5.60 Å². The van der Waals surface area contributed by atoms with Crippen LogP contribution in [0.2, 0.25) is 0 Å². The first-order valence-electron chi connectivity index (χ1n) is 9.50. The fourth-order valence-corrected chi connectivity index (χ4v) is 6.30. The number of allylic oxidation sites excluding steroid dienone is 1. The molecule has 3 aliphatic rings. The molecule has 0 aromatic heterocycles. The molecule has 3 saturated carbocycles. The molecule has 0 spiro atoms. The van der Waals surface area contributed by atoms with Crippen molar-refractivity contribution in [1.82, 2.24) is 0 Å². The van der Waals surface area contributed by atoms with Gasteiger partial charge in [-0.25, -0.2) is 0 Å². The van der Waals surface area contributed by atoms with E-state index in [9.17, 15) is 5.11 Å². The molecule has 0 aromatic carbocycles. The van der Waals surface area contributed by atoms with E-state index >= 15 is 0 Å². The van der Waals surface area contributed by atoms with Crippen LogP contribution in [0.15, 0.2) is 10.6 Å². The van der Waals surface area contributed by atoms with Gasteiger partial charge in [-0.3, -0.25) is 0 Å². The minimum Gasteiger partial charge on any atom is -0.378 e. The van der Waals surface area contributed by atoms with E-state index in [0.29, 0.717) is 11.3 Å². The highest BCUT2D eigenvalue weighted by Crippen LogP contribution is 2.59. The SMILES string of the molecule is C[C@H](CC#CC1(O)CCCC1)[C@H]1CCC2/C(=C/Br)CCCC21C. The molecule has 0 saturated heterocycles. The van der Waals surface area contributed by atoms with Crippen molar-refractivity contribution in [3.8, 4) is 11.8 Å². The predicted octanol–water partition coefficient (Wildman–Crippen LogP) is 5.82. The van der Waals surface area contributed by atoms with Crippen molar-refractivity contribution in [2.24, 2.45) is 23.2 Å². The Labute approximate surface area is 150 Å². The highest BCUT2D eigenvalue weighted by Gasteiger charge is 2.50. The summed E-state index contributed by atoms with van der Waals surface area (Å²) in [6, 6.07) is 0. The van der Waals surface area contributed by atoms with Gasteiger partial charge in [0.05, 0.1) is 0 Å². The van der Waals surface area contributed by atoms with Crippen LogP contribution in [0.3, 0.4) is 0 Å². The Bertz CT molecular complexity index is 520. The first-order chi connectivity index (χ1) is 11.0. The van der Waals surface area contributed by atoms with Crippen LogP contribution < -0.4 is 0 Å². The summed E-state index contributed by atoms with van der Waals surface area (Å²) in [7, 11) is 0. The molecule has 3 fully saturated rings. The van der Waals surface area contributed by atoms with Gasteiger partial charge in [-0.2, -0.15) is 0 Å². The topological polar surface area (TPSA) is 20.2 Å². The largest absolute Gasteiger partial charge is 0.378 e. The normalized spacial score (nSPS) is 38.9. The van der Waals surface area contributed by atoms with Crippen molar-refractivity contribution in [3.63, 3.8) is 0 Å². The van der Waals surface area contributed by atoms with E-state index in [0.717, 1.165) is 43.9 Å². The maximum Gasteiger partial charge on any atom is 0.125 e. The minimum absolute atomic E-state index is 0.462. The van der Waals surface area contributed by atoms with Crippen LogP contribution in [-0.4, -0.2) is 10.7 Å². The second-order valence-corrected chi connectivity index (χ2v) is 8.96. The highest BCUT2D eigenvalue weighted by atomic mass is 79.9. The molecule has 3 rings (SSSR count). The van der Waals surface area contributed by atoms with Crippen molar-refractivity contribution in [1.29, 1.82) is 0 Å². The zero-order valence-corrected chi connectivity index (χ0v) is 16.3. The van der Waals surface area contributed by atoms with E-state index in [-0.39, 0.29) is 0 Å². The standard InChI is InChI=1S/C21H31BrO/c1-16(7-5-14-21(23)12-3-4-13-21)18-9-10-19-17(15-22)8-6-11-20(18,19)2/h15-16,18-19,23H,3-4,6-13H2,1-2H3/b17-15+/t16-,18-,19?,20?/m1/s1. The van der Waals surface area contributed by atoms with Gasteiger partial charge in [-0.1, -0.05) is 47.2 Å². The van der Waals surface area contributed by atoms with Gasteiger partial charge in [0.25, 0.3) is 0 Å². The average molecular weight is 379 g/mol. The Morgan fingerprint density at radius 3 is 2.70 bits per heavy atom. The molecule has 0 aliphatic heterocycles. The quantitative estimate of drug-likeness (QED) is 0.600. The van der Waals surface area contributed by atoms with Gasteiger partial charge in [0.2, 0.25) is 0 Å². The predicted molar refractivity (Wildman–Crippen MR) is 100 cm³/mol. The maximum absolute atomic E-state index is 10.4. The van der Waals surface area contributed by atoms with E-state index < -0.39 is 5.60 Å². The van der Waals surface area contributed by atoms with Crippen LogP contribution in [0.4, 0.5) is 0 Å². The summed E-state index contributed by atoms with van der Waals surface area (Å²) in [4.78, 5) is 2.21. The third-order valence-electron chi connectivity index (χ3n) is 7.04. The van der Waals surface area contributed by atoms with E-state index in [1.807, 2.05) is 0 Å². The van der Waals surface area contributed by atoms with E-state index in [1.54, 1.807) is 5.57 Å². The van der Waals surface area contributed by atoms with Gasteiger partial charge in [-0.15, -0.1) is 0 Å². The molecule has 2 unspecified atom stereocenters. The monoisotopic (exact) mass is 378 g/mol. The van der Waals surface area contributed by atoms with Crippen LogP contribution in [0.5, 0.6) is 0 Å². The molecule has 23 heavy (non-hydrogen) atoms. The Hall–Kier alpha value is -0.260. The smallest absolute Gasteiger partial charge is 0.125 e. The number of hydrogen-bond donors (Lipinski definition) is 1. The number of halogens is 1. The summed E-state index contributed by atoms with van der Waals surface area (Å²) in [5.74, 6) is 8.75. The van der Waals surface area contributed by atoms with Gasteiger partial charge in [0.15, 0.2) is 0 Å². The molecule has 0 bridgehead atoms. The Morgan fingerprint density at radius 1 is 1.26 bits per heavy atom. The van der Waals surface area contributed by atoms with Crippen LogP contribution >= 0.6 is 15.9 Å². The summed E-state index contributed by atoms with van der Waals surface area (Å²) in [6.07, 6.45) is 11.6. The van der Waals surface area contributed by atoms with Crippen molar-refractivity contribution < 1.29 is 5.11 Å². The Kier molecular flexibility index (Phi) is 5.29. The van der Waals surface area contributed by atoms with Crippen LogP contribution in [0.25, 0.3) is 0 Å². The van der Waals surface area contributed by atoms with Gasteiger partial charge in [-0.05, 0) is 85.9 Å². The van der Waals surface area contributed by atoms with Crippen molar-refractivity contribution in [3.05, 3.63) is 10.6 Å². The van der Waals surface area contributed by atoms with Crippen molar-refractivity contribution in [2.75, 3.05) is 0 Å². The van der Waals surface area contributed by atoms with E-state index in [2.05, 4.69) is 46.6 Å². The Morgan fingerprint density at radius 2 is 2.00 bits per heavy atom. The van der Waals surface area contributed by atoms with Crippen LogP contribution in [0, 0.1) is 35.0 Å². The van der Waals surface area contributed by atoms with Gasteiger partial charge < -0.3 is 5.11 Å². The van der Waals surface area contributed by atoms with Gasteiger partial charge >= 0.3 is 0 Å². The number of rotatable bonds is 2. The van der Waals surface area contributed by atoms with Crippen LogP contribution in [0.1, 0.15) is 78.1 Å². The molecule has 4 atom stereocenters. The molecular weight excluding hydrogens is 348 g/mol. The molecule has 0 heterocycles. The molecular formula is C21H31BrO. The molecule has 128 valence electrons. The summed E-state index contributed by atoms with van der Waals surface area (Å²) in [6.45, 7) is 4.91. The lowest BCUT2D eigenvalue weighted by Crippen LogP contribution is -2.35. The first-order valence-corrected chi connectivity index (χ1v) is 10.4. The molecule has 0 radical (unpaired) electrons. The highest BCUT2D eigenvalue weighted by molar-refractivity contribution is 9.11. The summed E-state index contributed by atoms with van der Waals surface area (Å²) in [5.41, 5.74) is 1.43. The molecule has 1 nitrogen and oxygen atoms in total. The summed E-state index contributed by atoms with van der Waals surface area (Å²) < 4.78 is 0. The number of hydrogen-bond acceptors (Lipinski definition) is 1. The van der Waals surface area contributed by atoms with E-state index in [4.69, 9.17) is 0 Å². The summed E-state index contributed by atoms with van der Waals surface area (Å²) in [5, 5.41) is 10.4. The fourth-order valence-electron chi connectivity index (χ4n) is 5.75. The second-order valence-electron chi connectivity index (χ2n) is 8.50. The first kappa shape index (κ1) is 17.6. The number of aliphatic hydroxyl groups is 1. The zero-order chi connectivity index (χ0) is 16.5. The lowest BCUT2D eigenvalue weighted by atomic mass is 9.61. The molecule has 2 heteroatoms. The van der Waals surface area contributed by atoms with Crippen LogP contribution in [-0.2, 0) is 0 Å². The van der Waals surface area contributed by atoms with Crippen molar-refractivity contribution in [2.45, 2.75) is 83.7 Å². The third kappa shape index (κ3) is 3.42. The number of fused-ring (bicyclic) bond motifs is 1. The second kappa shape index (κ2) is 6.93. The fraction of sp³-hybridized carbons (Fsp3) is 0.810. The zero-order valence-electron chi connectivity index (χ0n) is 14.7. The lowest BCUT2D eigenvalue weighted by Gasteiger charge is -2.44. The maximum atomic E-state index is 10.4. The third-order valence-corrected chi connectivity index (χ3v) is 7.63. The van der Waals surface area contributed by atoms with Crippen molar-refractivity contribution >= 4 is 15.9 Å². The molecule has 3 aliphatic carbocycles. The molecule has 1 N–H and O–H groups in total. The molecule has 0 aromatic rings. The van der Waals surface area contributed by atoms with E-state index in [1.165, 1.54) is 32.1 Å². The Balaban J connectivity index is 1.66. The van der Waals surface area contributed by atoms with Gasteiger partial charge in [0, 0.05) is 6.42 Å². The average Bonchev–Trinajstić information content (AvgIpc) is 3.10. The summed E-state index contributed by atoms with van der Waals surface area (Å²) >= 11 is 3.60. The minimum atomic E-state index is -0.668.